The fourth-order valence-electron chi connectivity index (χ4n) is 4.24. The molecule has 3 aromatic carbocycles. The van der Waals surface area contributed by atoms with E-state index in [1.54, 1.807) is 0 Å². The Kier molecular flexibility index (Phi) is 6.28. The van der Waals surface area contributed by atoms with Gasteiger partial charge in [-0.05, 0) is 43.4 Å². The van der Waals surface area contributed by atoms with Gasteiger partial charge in [0.15, 0.2) is 0 Å². The summed E-state index contributed by atoms with van der Waals surface area (Å²) in [7, 11) is 0. The van der Waals surface area contributed by atoms with Crippen LogP contribution in [0.2, 0.25) is 0 Å². The maximum absolute atomic E-state index is 13.7. The van der Waals surface area contributed by atoms with Crippen LogP contribution in [0.5, 0.6) is 5.75 Å². The number of ether oxygens (including phenoxy) is 2. The molecule has 0 unspecified atom stereocenters. The summed E-state index contributed by atoms with van der Waals surface area (Å²) in [6.45, 7) is 8.17. The summed E-state index contributed by atoms with van der Waals surface area (Å²) in [6.07, 6.45) is 1.35. The molecule has 1 fully saturated rings. The van der Waals surface area contributed by atoms with Gasteiger partial charge in [0.1, 0.15) is 5.75 Å². The van der Waals surface area contributed by atoms with Crippen molar-refractivity contribution in [2.75, 3.05) is 25.1 Å². The average Bonchev–Trinajstić information content (AvgIpc) is 2.79. The molecule has 1 heterocycles. The lowest BCUT2D eigenvalue weighted by molar-refractivity contribution is -0.125. The quantitative estimate of drug-likeness (QED) is 0.546. The zero-order valence-corrected chi connectivity index (χ0v) is 18.6. The van der Waals surface area contributed by atoms with Gasteiger partial charge in [-0.15, -0.1) is 0 Å². The van der Waals surface area contributed by atoms with Crippen LogP contribution >= 0.6 is 0 Å². The molecular weight excluding hydrogens is 386 g/mol. The Hall–Kier alpha value is -2.85. The number of hydrogen-bond acceptors (Lipinski definition) is 3. The van der Waals surface area contributed by atoms with Crippen molar-refractivity contribution in [3.63, 3.8) is 0 Å². The van der Waals surface area contributed by atoms with Crippen LogP contribution in [0.4, 0.5) is 5.69 Å². The molecule has 0 atom stereocenters. The molecule has 4 heteroatoms. The standard InChI is InChI=1S/C27H31NO3/c1-19(2)18-31-25-13-12-24(22-6-4-5-7-23(22)25)28-26(29)27(14-16-30-17-15-27)21-10-8-20(3)9-11-21/h4-13,19H,14-18H2,1-3H3,(H,28,29). The second-order valence-electron chi connectivity index (χ2n) is 8.88. The van der Waals surface area contributed by atoms with Crippen molar-refractivity contribution in [1.82, 2.24) is 0 Å². The zero-order chi connectivity index (χ0) is 21.8. The molecule has 0 radical (unpaired) electrons. The third-order valence-electron chi connectivity index (χ3n) is 6.09. The van der Waals surface area contributed by atoms with Gasteiger partial charge < -0.3 is 14.8 Å². The molecule has 3 aromatic rings. The number of aryl methyl sites for hydroxylation is 1. The maximum Gasteiger partial charge on any atom is 0.235 e. The van der Waals surface area contributed by atoms with Crippen LogP contribution in [0.3, 0.4) is 0 Å². The Morgan fingerprint density at radius 2 is 1.68 bits per heavy atom. The van der Waals surface area contributed by atoms with Crippen molar-refractivity contribution >= 4 is 22.4 Å². The normalized spacial score (nSPS) is 15.7. The van der Waals surface area contributed by atoms with Crippen molar-refractivity contribution in [3.05, 3.63) is 71.8 Å². The number of hydrogen-bond donors (Lipinski definition) is 1. The minimum atomic E-state index is -0.583. The SMILES string of the molecule is Cc1ccc(C2(C(=O)Nc3ccc(OCC(C)C)c4ccccc34)CCOCC2)cc1. The van der Waals surface area contributed by atoms with Gasteiger partial charge in [0.05, 0.1) is 12.0 Å². The molecular formula is C27H31NO3. The highest BCUT2D eigenvalue weighted by Crippen LogP contribution is 2.38. The first kappa shape index (κ1) is 21.4. The summed E-state index contributed by atoms with van der Waals surface area (Å²) in [5.41, 5.74) is 2.48. The predicted octanol–water partition coefficient (Wildman–Crippen LogP) is 5.87. The molecule has 1 aliphatic heterocycles. The first-order valence-corrected chi connectivity index (χ1v) is 11.1. The Labute approximate surface area is 184 Å². The van der Waals surface area contributed by atoms with E-state index in [9.17, 15) is 4.79 Å². The average molecular weight is 418 g/mol. The van der Waals surface area contributed by atoms with Crippen molar-refractivity contribution in [3.8, 4) is 5.75 Å². The third-order valence-corrected chi connectivity index (χ3v) is 6.09. The zero-order valence-electron chi connectivity index (χ0n) is 18.6. The minimum absolute atomic E-state index is 0.0284. The molecule has 0 saturated carbocycles. The smallest absolute Gasteiger partial charge is 0.235 e. The van der Waals surface area contributed by atoms with Crippen LogP contribution in [0, 0.1) is 12.8 Å². The first-order chi connectivity index (χ1) is 15.0. The number of rotatable bonds is 6. The van der Waals surface area contributed by atoms with Gasteiger partial charge in [-0.1, -0.05) is 67.9 Å². The Morgan fingerprint density at radius 3 is 2.35 bits per heavy atom. The van der Waals surface area contributed by atoms with E-state index in [4.69, 9.17) is 9.47 Å². The first-order valence-electron chi connectivity index (χ1n) is 11.1. The number of fused-ring (bicyclic) bond motifs is 1. The van der Waals surface area contributed by atoms with Crippen molar-refractivity contribution < 1.29 is 14.3 Å². The van der Waals surface area contributed by atoms with Crippen molar-refractivity contribution in [2.45, 2.75) is 39.0 Å². The highest BCUT2D eigenvalue weighted by Gasteiger charge is 2.41. The largest absolute Gasteiger partial charge is 0.493 e. The molecule has 0 aliphatic carbocycles. The van der Waals surface area contributed by atoms with Crippen LogP contribution in [0.15, 0.2) is 60.7 Å². The van der Waals surface area contributed by atoms with Gasteiger partial charge in [-0.2, -0.15) is 0 Å². The second kappa shape index (κ2) is 9.11. The lowest BCUT2D eigenvalue weighted by Crippen LogP contribution is -2.44. The summed E-state index contributed by atoms with van der Waals surface area (Å²) < 4.78 is 11.6. The molecule has 0 spiro atoms. The predicted molar refractivity (Wildman–Crippen MR) is 126 cm³/mol. The van der Waals surface area contributed by atoms with Crippen LogP contribution in [0.25, 0.3) is 10.8 Å². The molecule has 1 saturated heterocycles. The van der Waals surface area contributed by atoms with E-state index >= 15 is 0 Å². The summed E-state index contributed by atoms with van der Waals surface area (Å²) >= 11 is 0. The number of benzene rings is 3. The number of amides is 1. The Morgan fingerprint density at radius 1 is 1.00 bits per heavy atom. The van der Waals surface area contributed by atoms with Gasteiger partial charge in [-0.25, -0.2) is 0 Å². The fraction of sp³-hybridized carbons (Fsp3) is 0.370. The van der Waals surface area contributed by atoms with E-state index in [-0.39, 0.29) is 5.91 Å². The number of carbonyl (C=O) groups excluding carboxylic acids is 1. The van der Waals surface area contributed by atoms with Crippen LogP contribution in [0.1, 0.15) is 37.8 Å². The topological polar surface area (TPSA) is 47.6 Å². The molecule has 31 heavy (non-hydrogen) atoms. The van der Waals surface area contributed by atoms with Gasteiger partial charge in [-0.3, -0.25) is 4.79 Å². The van der Waals surface area contributed by atoms with E-state index in [2.05, 4.69) is 50.4 Å². The van der Waals surface area contributed by atoms with Crippen LogP contribution in [-0.2, 0) is 14.9 Å². The lowest BCUT2D eigenvalue weighted by Gasteiger charge is -2.36. The minimum Gasteiger partial charge on any atom is -0.493 e. The maximum atomic E-state index is 13.7. The highest BCUT2D eigenvalue weighted by atomic mass is 16.5. The monoisotopic (exact) mass is 417 g/mol. The molecule has 4 nitrogen and oxygen atoms in total. The van der Waals surface area contributed by atoms with E-state index in [1.165, 1.54) is 5.56 Å². The van der Waals surface area contributed by atoms with Crippen LogP contribution in [-0.4, -0.2) is 25.7 Å². The second-order valence-corrected chi connectivity index (χ2v) is 8.88. The van der Waals surface area contributed by atoms with E-state index in [1.807, 2.05) is 36.4 Å². The van der Waals surface area contributed by atoms with Gasteiger partial charge >= 0.3 is 0 Å². The summed E-state index contributed by atoms with van der Waals surface area (Å²) in [6, 6.07) is 20.3. The van der Waals surface area contributed by atoms with Crippen molar-refractivity contribution in [2.24, 2.45) is 5.92 Å². The molecule has 1 N–H and O–H groups in total. The Bertz CT molecular complexity index is 1050. The van der Waals surface area contributed by atoms with Gasteiger partial charge in [0.2, 0.25) is 5.91 Å². The van der Waals surface area contributed by atoms with E-state index < -0.39 is 5.41 Å². The lowest BCUT2D eigenvalue weighted by atomic mass is 9.73. The van der Waals surface area contributed by atoms with Gasteiger partial charge in [0.25, 0.3) is 0 Å². The fourth-order valence-corrected chi connectivity index (χ4v) is 4.24. The molecule has 1 aliphatic rings. The van der Waals surface area contributed by atoms with Crippen molar-refractivity contribution in [1.29, 1.82) is 0 Å². The van der Waals surface area contributed by atoms with Gasteiger partial charge in [0, 0.05) is 29.7 Å². The molecule has 162 valence electrons. The van der Waals surface area contributed by atoms with Crippen LogP contribution < -0.4 is 10.1 Å². The molecule has 4 rings (SSSR count). The third kappa shape index (κ3) is 4.45. The molecule has 1 amide bonds. The van der Waals surface area contributed by atoms with E-state index in [0.29, 0.717) is 38.6 Å². The number of nitrogens with one attached hydrogen (secondary N) is 1. The number of carbonyl (C=O) groups is 1. The summed E-state index contributed by atoms with van der Waals surface area (Å²) in [4.78, 5) is 13.7. The highest BCUT2D eigenvalue weighted by molar-refractivity contribution is 6.07. The Balaban J connectivity index is 1.68. The van der Waals surface area contributed by atoms with E-state index in [0.717, 1.165) is 27.8 Å². The summed E-state index contributed by atoms with van der Waals surface area (Å²) in [5.74, 6) is 1.32. The molecule has 0 bridgehead atoms. The summed E-state index contributed by atoms with van der Waals surface area (Å²) in [5, 5.41) is 5.25. The molecule has 0 aromatic heterocycles. The number of anilines is 1.